The lowest BCUT2D eigenvalue weighted by Gasteiger charge is -2.30. The Balaban J connectivity index is 1.74. The van der Waals surface area contributed by atoms with Crippen molar-refractivity contribution < 1.29 is 9.59 Å². The average Bonchev–Trinajstić information content (AvgIpc) is 2.79. The molecule has 5 heteroatoms. The number of amides is 2. The van der Waals surface area contributed by atoms with Crippen molar-refractivity contribution in [2.24, 2.45) is 11.8 Å². The number of rotatable bonds is 7. The van der Waals surface area contributed by atoms with E-state index < -0.39 is 0 Å². The molecule has 0 bridgehead atoms. The molecular formula is C18H33N3O2. The molecule has 0 aromatic rings. The maximum Gasteiger partial charge on any atom is 0.239 e. The van der Waals surface area contributed by atoms with Gasteiger partial charge in [0.1, 0.15) is 0 Å². The van der Waals surface area contributed by atoms with Gasteiger partial charge in [-0.3, -0.25) is 14.5 Å². The third-order valence-corrected chi connectivity index (χ3v) is 5.35. The Morgan fingerprint density at radius 1 is 1.22 bits per heavy atom. The summed E-state index contributed by atoms with van der Waals surface area (Å²) in [7, 11) is 0. The van der Waals surface area contributed by atoms with Crippen molar-refractivity contribution in [2.75, 3.05) is 26.2 Å². The number of hydrogen-bond acceptors (Lipinski definition) is 3. The Hall–Kier alpha value is -1.10. The molecule has 1 aliphatic carbocycles. The molecule has 2 atom stereocenters. The van der Waals surface area contributed by atoms with Gasteiger partial charge in [-0.1, -0.05) is 12.8 Å². The van der Waals surface area contributed by atoms with E-state index in [4.69, 9.17) is 0 Å². The lowest BCUT2D eigenvalue weighted by molar-refractivity contribution is -0.135. The normalized spacial score (nSPS) is 24.7. The van der Waals surface area contributed by atoms with Crippen LogP contribution in [0.5, 0.6) is 0 Å². The van der Waals surface area contributed by atoms with Gasteiger partial charge < -0.3 is 10.2 Å². The summed E-state index contributed by atoms with van der Waals surface area (Å²) in [5.41, 5.74) is 0. The fourth-order valence-corrected chi connectivity index (χ4v) is 4.17. The third kappa shape index (κ3) is 4.69. The van der Waals surface area contributed by atoms with E-state index in [0.717, 1.165) is 32.4 Å². The molecule has 0 aromatic carbocycles. The molecule has 5 nitrogen and oxygen atoms in total. The highest BCUT2D eigenvalue weighted by molar-refractivity contribution is 5.87. The van der Waals surface area contributed by atoms with Gasteiger partial charge in [-0.05, 0) is 46.5 Å². The molecule has 1 saturated carbocycles. The van der Waals surface area contributed by atoms with Crippen molar-refractivity contribution >= 4 is 11.8 Å². The van der Waals surface area contributed by atoms with Crippen molar-refractivity contribution in [3.8, 4) is 0 Å². The van der Waals surface area contributed by atoms with E-state index in [1.54, 1.807) is 4.90 Å². The molecule has 2 aliphatic rings. The summed E-state index contributed by atoms with van der Waals surface area (Å²) >= 11 is 0. The van der Waals surface area contributed by atoms with Gasteiger partial charge in [0.25, 0.3) is 0 Å². The summed E-state index contributed by atoms with van der Waals surface area (Å²) in [6.07, 6.45) is 4.55. The van der Waals surface area contributed by atoms with Crippen LogP contribution in [0.2, 0.25) is 0 Å². The Morgan fingerprint density at radius 3 is 2.48 bits per heavy atom. The van der Waals surface area contributed by atoms with Crippen molar-refractivity contribution in [1.29, 1.82) is 0 Å². The van der Waals surface area contributed by atoms with Gasteiger partial charge >= 0.3 is 0 Å². The number of nitrogens with zero attached hydrogens (tertiary/aromatic N) is 2. The Morgan fingerprint density at radius 2 is 1.87 bits per heavy atom. The van der Waals surface area contributed by atoms with Crippen LogP contribution in [0, 0.1) is 11.8 Å². The SMILES string of the molecule is CC(C)N(CCNC(=O)CN1C[C@@H]2CCCC[C@@H]2C1=O)C(C)C. The van der Waals surface area contributed by atoms with Crippen LogP contribution < -0.4 is 5.32 Å². The fraction of sp³-hybridized carbons (Fsp3) is 0.889. The van der Waals surface area contributed by atoms with E-state index in [2.05, 4.69) is 37.9 Å². The molecule has 0 spiro atoms. The molecule has 0 radical (unpaired) electrons. The van der Waals surface area contributed by atoms with E-state index in [0.29, 0.717) is 24.5 Å². The highest BCUT2D eigenvalue weighted by Crippen LogP contribution is 2.36. The first-order chi connectivity index (χ1) is 10.9. The molecule has 0 aromatic heterocycles. The van der Waals surface area contributed by atoms with Crippen LogP contribution >= 0.6 is 0 Å². The summed E-state index contributed by atoms with van der Waals surface area (Å²) < 4.78 is 0. The molecule has 1 aliphatic heterocycles. The molecule has 23 heavy (non-hydrogen) atoms. The molecule has 0 unspecified atom stereocenters. The summed E-state index contributed by atoms with van der Waals surface area (Å²) in [6.45, 7) is 11.2. The maximum absolute atomic E-state index is 12.4. The van der Waals surface area contributed by atoms with Gasteiger partial charge in [0.05, 0.1) is 6.54 Å². The predicted octanol–water partition coefficient (Wildman–Crippen LogP) is 1.87. The van der Waals surface area contributed by atoms with Gasteiger partial charge in [-0.15, -0.1) is 0 Å². The number of fused-ring (bicyclic) bond motifs is 1. The van der Waals surface area contributed by atoms with E-state index in [1.165, 1.54) is 6.42 Å². The highest BCUT2D eigenvalue weighted by Gasteiger charge is 2.41. The largest absolute Gasteiger partial charge is 0.353 e. The summed E-state index contributed by atoms with van der Waals surface area (Å²) in [5, 5.41) is 2.98. The zero-order chi connectivity index (χ0) is 17.0. The third-order valence-electron chi connectivity index (χ3n) is 5.35. The van der Waals surface area contributed by atoms with Gasteiger partial charge in [-0.2, -0.15) is 0 Å². The van der Waals surface area contributed by atoms with Crippen LogP contribution in [0.1, 0.15) is 53.4 Å². The van der Waals surface area contributed by atoms with E-state index in [1.807, 2.05) is 0 Å². The van der Waals surface area contributed by atoms with Crippen molar-refractivity contribution in [2.45, 2.75) is 65.5 Å². The Bertz CT molecular complexity index is 414. The van der Waals surface area contributed by atoms with Crippen molar-refractivity contribution in [1.82, 2.24) is 15.1 Å². The van der Waals surface area contributed by atoms with Crippen LogP contribution in [0.15, 0.2) is 0 Å². The monoisotopic (exact) mass is 323 g/mol. The van der Waals surface area contributed by atoms with Crippen LogP contribution in [0.4, 0.5) is 0 Å². The second-order valence-corrected chi connectivity index (χ2v) is 7.65. The number of hydrogen-bond donors (Lipinski definition) is 1. The fourth-order valence-electron chi connectivity index (χ4n) is 4.17. The van der Waals surface area contributed by atoms with Crippen LogP contribution in [-0.4, -0.2) is 59.9 Å². The number of carbonyl (C=O) groups excluding carboxylic acids is 2. The summed E-state index contributed by atoms with van der Waals surface area (Å²) in [6, 6.07) is 0.936. The smallest absolute Gasteiger partial charge is 0.239 e. The minimum Gasteiger partial charge on any atom is -0.353 e. The average molecular weight is 323 g/mol. The maximum atomic E-state index is 12.4. The molecule has 2 amide bonds. The Kier molecular flexibility index (Phi) is 6.45. The number of likely N-dealkylation sites (tertiary alicyclic amines) is 1. The highest BCUT2D eigenvalue weighted by atomic mass is 16.2. The van der Waals surface area contributed by atoms with E-state index >= 15 is 0 Å². The van der Waals surface area contributed by atoms with Crippen LogP contribution in [0.3, 0.4) is 0 Å². The summed E-state index contributed by atoms with van der Waals surface area (Å²) in [5.74, 6) is 0.857. The molecule has 132 valence electrons. The first-order valence-electron chi connectivity index (χ1n) is 9.21. The topological polar surface area (TPSA) is 52.7 Å². The molecule has 1 saturated heterocycles. The second-order valence-electron chi connectivity index (χ2n) is 7.65. The minimum atomic E-state index is -0.0236. The van der Waals surface area contributed by atoms with Crippen molar-refractivity contribution in [3.05, 3.63) is 0 Å². The Labute approximate surface area is 140 Å². The van der Waals surface area contributed by atoms with Crippen LogP contribution in [-0.2, 0) is 9.59 Å². The predicted molar refractivity (Wildman–Crippen MR) is 92.0 cm³/mol. The van der Waals surface area contributed by atoms with E-state index in [9.17, 15) is 9.59 Å². The van der Waals surface area contributed by atoms with E-state index in [-0.39, 0.29) is 24.3 Å². The quantitative estimate of drug-likeness (QED) is 0.778. The first kappa shape index (κ1) is 18.2. The molecule has 1 heterocycles. The number of carbonyl (C=O) groups is 2. The molecular weight excluding hydrogens is 290 g/mol. The zero-order valence-electron chi connectivity index (χ0n) is 15.2. The lowest BCUT2D eigenvalue weighted by atomic mass is 9.81. The van der Waals surface area contributed by atoms with Gasteiger partial charge in [-0.25, -0.2) is 0 Å². The van der Waals surface area contributed by atoms with Gasteiger partial charge in [0.2, 0.25) is 11.8 Å². The second kappa shape index (κ2) is 8.13. The molecule has 2 fully saturated rings. The van der Waals surface area contributed by atoms with Gasteiger partial charge in [0, 0.05) is 37.6 Å². The zero-order valence-corrected chi connectivity index (χ0v) is 15.2. The lowest BCUT2D eigenvalue weighted by Crippen LogP contribution is -2.44. The molecule has 2 rings (SSSR count). The minimum absolute atomic E-state index is 0.0236. The summed E-state index contributed by atoms with van der Waals surface area (Å²) in [4.78, 5) is 28.7. The first-order valence-corrected chi connectivity index (χ1v) is 9.21. The van der Waals surface area contributed by atoms with Gasteiger partial charge in [0.15, 0.2) is 0 Å². The standard InChI is InChI=1S/C18H33N3O2/c1-13(2)21(14(3)4)10-9-19-17(22)12-20-11-15-7-5-6-8-16(15)18(20)23/h13-16H,5-12H2,1-4H3,(H,19,22)/t15-,16-/m0/s1. The molecule has 1 N–H and O–H groups in total. The van der Waals surface area contributed by atoms with Crippen molar-refractivity contribution in [3.63, 3.8) is 0 Å². The number of nitrogens with one attached hydrogen (secondary N) is 1. The van der Waals surface area contributed by atoms with Crippen LogP contribution in [0.25, 0.3) is 0 Å².